The highest BCUT2D eigenvalue weighted by molar-refractivity contribution is 5.91. The number of aromatic nitrogens is 1. The van der Waals surface area contributed by atoms with Crippen LogP contribution < -0.4 is 5.73 Å². The zero-order valence-electron chi connectivity index (χ0n) is 8.05. The van der Waals surface area contributed by atoms with Crippen LogP contribution in [0.2, 0.25) is 0 Å². The Labute approximate surface area is 87.2 Å². The Kier molecular flexibility index (Phi) is 2.46. The lowest BCUT2D eigenvalue weighted by molar-refractivity contribution is -0.113. The van der Waals surface area contributed by atoms with Gasteiger partial charge in [-0.1, -0.05) is 12.1 Å². The molecule has 0 spiro atoms. The lowest BCUT2D eigenvalue weighted by Crippen LogP contribution is -2.05. The zero-order chi connectivity index (χ0) is 10.7. The monoisotopic (exact) mass is 198 g/mol. The Morgan fingerprint density at radius 3 is 3.00 bits per heavy atom. The van der Waals surface area contributed by atoms with Crippen molar-refractivity contribution in [1.82, 2.24) is 4.98 Å². The number of rotatable bonds is 2. The van der Waals surface area contributed by atoms with Gasteiger partial charge in [0.2, 0.25) is 5.91 Å². The van der Waals surface area contributed by atoms with E-state index >= 15 is 0 Å². The van der Waals surface area contributed by atoms with Crippen LogP contribution in [0.25, 0.3) is 17.0 Å². The molecule has 0 radical (unpaired) electrons. The molecule has 0 bridgehead atoms. The van der Waals surface area contributed by atoms with Gasteiger partial charge in [0.05, 0.1) is 5.52 Å². The Morgan fingerprint density at radius 1 is 1.33 bits per heavy atom. The van der Waals surface area contributed by atoms with Crippen molar-refractivity contribution in [3.63, 3.8) is 0 Å². The molecule has 1 amide bonds. The van der Waals surface area contributed by atoms with Crippen molar-refractivity contribution in [3.8, 4) is 0 Å². The van der Waals surface area contributed by atoms with Crippen molar-refractivity contribution in [2.45, 2.75) is 0 Å². The normalized spacial score (nSPS) is 10.9. The van der Waals surface area contributed by atoms with Gasteiger partial charge in [-0.3, -0.25) is 9.78 Å². The van der Waals surface area contributed by atoms with Crippen LogP contribution in [-0.2, 0) is 4.79 Å². The molecule has 74 valence electrons. The smallest absolute Gasteiger partial charge is 0.241 e. The highest BCUT2D eigenvalue weighted by atomic mass is 16.1. The fraction of sp³-hybridized carbons (Fsp3) is 0. The number of fused-ring (bicyclic) bond motifs is 1. The molecule has 0 aliphatic rings. The molecule has 15 heavy (non-hydrogen) atoms. The molecular formula is C12H10N2O. The third-order valence-corrected chi connectivity index (χ3v) is 2.07. The highest BCUT2D eigenvalue weighted by Gasteiger charge is 1.94. The predicted octanol–water partition coefficient (Wildman–Crippen LogP) is 1.73. The van der Waals surface area contributed by atoms with Crippen molar-refractivity contribution in [2.24, 2.45) is 5.73 Å². The van der Waals surface area contributed by atoms with Crippen LogP contribution >= 0.6 is 0 Å². The summed E-state index contributed by atoms with van der Waals surface area (Å²) in [5.41, 5.74) is 6.89. The number of pyridine rings is 1. The van der Waals surface area contributed by atoms with Crippen LogP contribution in [0.15, 0.2) is 42.6 Å². The molecule has 1 aromatic carbocycles. The van der Waals surface area contributed by atoms with E-state index in [1.54, 1.807) is 12.3 Å². The Bertz CT molecular complexity index is 532. The van der Waals surface area contributed by atoms with Gasteiger partial charge in [-0.15, -0.1) is 0 Å². The van der Waals surface area contributed by atoms with Crippen LogP contribution in [0.3, 0.4) is 0 Å². The SMILES string of the molecule is NC(=O)/C=C\c1ccc2ncccc2c1. The average molecular weight is 198 g/mol. The van der Waals surface area contributed by atoms with Crippen LogP contribution in [-0.4, -0.2) is 10.9 Å². The van der Waals surface area contributed by atoms with Gasteiger partial charge in [0.1, 0.15) is 0 Å². The third kappa shape index (κ3) is 2.20. The maximum atomic E-state index is 10.6. The first kappa shape index (κ1) is 9.40. The molecule has 1 heterocycles. The molecule has 0 saturated carbocycles. The van der Waals surface area contributed by atoms with Gasteiger partial charge in [0.25, 0.3) is 0 Å². The Morgan fingerprint density at radius 2 is 2.20 bits per heavy atom. The van der Waals surface area contributed by atoms with E-state index in [2.05, 4.69) is 4.98 Å². The van der Waals surface area contributed by atoms with Gasteiger partial charge >= 0.3 is 0 Å². The number of carbonyl (C=O) groups is 1. The number of primary amides is 1. The first-order valence-electron chi connectivity index (χ1n) is 4.58. The van der Waals surface area contributed by atoms with E-state index in [1.165, 1.54) is 6.08 Å². The number of benzene rings is 1. The number of amides is 1. The molecule has 3 nitrogen and oxygen atoms in total. The summed E-state index contributed by atoms with van der Waals surface area (Å²) in [6.45, 7) is 0. The minimum atomic E-state index is -0.443. The number of nitrogens with two attached hydrogens (primary N) is 1. The number of nitrogens with zero attached hydrogens (tertiary/aromatic N) is 1. The fourth-order valence-corrected chi connectivity index (χ4v) is 1.38. The van der Waals surface area contributed by atoms with Crippen molar-refractivity contribution in [1.29, 1.82) is 0 Å². The molecule has 0 aliphatic heterocycles. The number of carbonyl (C=O) groups excluding carboxylic acids is 1. The van der Waals surface area contributed by atoms with E-state index < -0.39 is 5.91 Å². The highest BCUT2D eigenvalue weighted by Crippen LogP contribution is 2.14. The van der Waals surface area contributed by atoms with Gasteiger partial charge in [-0.05, 0) is 29.8 Å². The van der Waals surface area contributed by atoms with Gasteiger partial charge < -0.3 is 5.73 Å². The molecule has 2 rings (SSSR count). The Balaban J connectivity index is 2.43. The summed E-state index contributed by atoms with van der Waals surface area (Å²) in [7, 11) is 0. The molecule has 1 aromatic heterocycles. The second-order valence-electron chi connectivity index (χ2n) is 3.19. The second-order valence-corrected chi connectivity index (χ2v) is 3.19. The number of hydrogen-bond donors (Lipinski definition) is 1. The van der Waals surface area contributed by atoms with Crippen molar-refractivity contribution < 1.29 is 4.79 Å². The third-order valence-electron chi connectivity index (χ3n) is 2.07. The lowest BCUT2D eigenvalue weighted by atomic mass is 10.1. The summed E-state index contributed by atoms with van der Waals surface area (Å²) in [6, 6.07) is 9.63. The Hall–Kier alpha value is -2.16. The molecule has 0 saturated heterocycles. The average Bonchev–Trinajstić information content (AvgIpc) is 2.26. The van der Waals surface area contributed by atoms with Gasteiger partial charge in [0.15, 0.2) is 0 Å². The maximum Gasteiger partial charge on any atom is 0.241 e. The van der Waals surface area contributed by atoms with Gasteiger partial charge in [-0.2, -0.15) is 0 Å². The summed E-state index contributed by atoms with van der Waals surface area (Å²) in [4.78, 5) is 14.8. The van der Waals surface area contributed by atoms with Crippen LogP contribution in [0.5, 0.6) is 0 Å². The summed E-state index contributed by atoms with van der Waals surface area (Å²) in [5.74, 6) is -0.443. The standard InChI is InChI=1S/C12H10N2O/c13-12(15)6-4-9-3-5-11-10(8-9)2-1-7-14-11/h1-8H,(H2,13,15)/b6-4-. The van der Waals surface area contributed by atoms with Crippen LogP contribution in [0.1, 0.15) is 5.56 Å². The van der Waals surface area contributed by atoms with E-state index in [0.717, 1.165) is 16.5 Å². The van der Waals surface area contributed by atoms with E-state index in [9.17, 15) is 4.79 Å². The minimum Gasteiger partial charge on any atom is -0.366 e. The summed E-state index contributed by atoms with van der Waals surface area (Å²) >= 11 is 0. The topological polar surface area (TPSA) is 56.0 Å². The molecule has 2 N–H and O–H groups in total. The van der Waals surface area contributed by atoms with Crippen LogP contribution in [0, 0.1) is 0 Å². The molecule has 2 aromatic rings. The molecule has 0 aliphatic carbocycles. The fourth-order valence-electron chi connectivity index (χ4n) is 1.38. The molecule has 0 fully saturated rings. The van der Waals surface area contributed by atoms with Crippen LogP contribution in [0.4, 0.5) is 0 Å². The quantitative estimate of drug-likeness (QED) is 0.747. The van der Waals surface area contributed by atoms with Crippen molar-refractivity contribution in [3.05, 3.63) is 48.2 Å². The summed E-state index contributed by atoms with van der Waals surface area (Å²) in [5, 5.41) is 1.05. The van der Waals surface area contributed by atoms with Crippen molar-refractivity contribution >= 4 is 22.9 Å². The minimum absolute atomic E-state index is 0.443. The molecule has 3 heteroatoms. The molecule has 0 atom stereocenters. The molecular weight excluding hydrogens is 188 g/mol. The largest absolute Gasteiger partial charge is 0.366 e. The van der Waals surface area contributed by atoms with Gasteiger partial charge in [-0.25, -0.2) is 0 Å². The van der Waals surface area contributed by atoms with E-state index in [-0.39, 0.29) is 0 Å². The second kappa shape index (κ2) is 3.92. The van der Waals surface area contributed by atoms with Gasteiger partial charge in [0, 0.05) is 17.7 Å². The summed E-state index contributed by atoms with van der Waals surface area (Å²) < 4.78 is 0. The number of hydrogen-bond acceptors (Lipinski definition) is 2. The van der Waals surface area contributed by atoms with E-state index in [4.69, 9.17) is 5.73 Å². The van der Waals surface area contributed by atoms with Crippen molar-refractivity contribution in [2.75, 3.05) is 0 Å². The predicted molar refractivity (Wildman–Crippen MR) is 60.0 cm³/mol. The first-order valence-corrected chi connectivity index (χ1v) is 4.58. The van der Waals surface area contributed by atoms with E-state index in [1.807, 2.05) is 30.3 Å². The summed E-state index contributed by atoms with van der Waals surface area (Å²) in [6.07, 6.45) is 4.79. The van der Waals surface area contributed by atoms with E-state index in [0.29, 0.717) is 0 Å². The lowest BCUT2D eigenvalue weighted by Gasteiger charge is -1.97. The zero-order valence-corrected chi connectivity index (χ0v) is 8.05. The maximum absolute atomic E-state index is 10.6. The molecule has 0 unspecified atom stereocenters. The first-order chi connectivity index (χ1) is 7.25.